The molecule has 1 aromatic heterocycles. The van der Waals surface area contributed by atoms with Crippen molar-refractivity contribution in [2.45, 2.75) is 13.8 Å². The summed E-state index contributed by atoms with van der Waals surface area (Å²) < 4.78 is 5.73. The lowest BCUT2D eigenvalue weighted by Crippen LogP contribution is -2.12. The fraction of sp³-hybridized carbons (Fsp3) is 0.143. The summed E-state index contributed by atoms with van der Waals surface area (Å²) in [7, 11) is 0. The average Bonchev–Trinajstić information content (AvgIpc) is 2.32. The summed E-state index contributed by atoms with van der Waals surface area (Å²) in [6.07, 6.45) is 0. The molecule has 19 heavy (non-hydrogen) atoms. The van der Waals surface area contributed by atoms with Crippen LogP contribution in [0.3, 0.4) is 0 Å². The molecule has 2 N–H and O–H groups in total. The fourth-order valence-corrected chi connectivity index (χ4v) is 2.02. The second kappa shape index (κ2) is 5.55. The van der Waals surface area contributed by atoms with Crippen LogP contribution in [0, 0.1) is 13.8 Å². The molecule has 0 aliphatic carbocycles. The van der Waals surface area contributed by atoms with Gasteiger partial charge in [0.15, 0.2) is 0 Å². The van der Waals surface area contributed by atoms with Crippen molar-refractivity contribution in [2.24, 2.45) is 5.73 Å². The molecule has 0 bridgehead atoms. The van der Waals surface area contributed by atoms with E-state index in [1.807, 2.05) is 32.0 Å². The summed E-state index contributed by atoms with van der Waals surface area (Å²) in [5.74, 6) is 0.904. The maximum Gasteiger partial charge on any atom is 0.229 e. The minimum Gasteiger partial charge on any atom is -0.437 e. The number of halogens is 1. The van der Waals surface area contributed by atoms with Crippen LogP contribution < -0.4 is 10.5 Å². The Kier molecular flexibility index (Phi) is 4.02. The molecule has 0 atom stereocenters. The molecular formula is C14H13ClN2OS. The van der Waals surface area contributed by atoms with Crippen LogP contribution in [0.15, 0.2) is 30.3 Å². The maximum atomic E-state index is 6.13. The fourth-order valence-electron chi connectivity index (χ4n) is 1.59. The van der Waals surface area contributed by atoms with Crippen LogP contribution in [0.5, 0.6) is 11.6 Å². The molecule has 5 heteroatoms. The van der Waals surface area contributed by atoms with E-state index in [9.17, 15) is 0 Å². The van der Waals surface area contributed by atoms with E-state index in [-0.39, 0.29) is 4.99 Å². The summed E-state index contributed by atoms with van der Waals surface area (Å²) in [6.45, 7) is 3.83. The SMILES string of the molecule is Cc1ccc(Oc2nc(C)ccc2C(N)=S)c(Cl)c1. The zero-order valence-electron chi connectivity index (χ0n) is 10.6. The van der Waals surface area contributed by atoms with Crippen LogP contribution >= 0.6 is 23.8 Å². The first-order valence-electron chi connectivity index (χ1n) is 5.69. The highest BCUT2D eigenvalue weighted by atomic mass is 35.5. The Morgan fingerprint density at radius 2 is 2.00 bits per heavy atom. The van der Waals surface area contributed by atoms with Gasteiger partial charge >= 0.3 is 0 Å². The molecule has 0 aliphatic rings. The number of aromatic nitrogens is 1. The first-order valence-corrected chi connectivity index (χ1v) is 6.47. The first kappa shape index (κ1) is 13.8. The Morgan fingerprint density at radius 1 is 1.26 bits per heavy atom. The molecule has 0 amide bonds. The number of pyridine rings is 1. The lowest BCUT2D eigenvalue weighted by molar-refractivity contribution is 0.461. The molecule has 0 radical (unpaired) electrons. The average molecular weight is 293 g/mol. The van der Waals surface area contributed by atoms with Gasteiger partial charge in [-0.05, 0) is 43.7 Å². The molecule has 0 saturated heterocycles. The highest BCUT2D eigenvalue weighted by Gasteiger charge is 2.11. The van der Waals surface area contributed by atoms with Crippen molar-refractivity contribution in [3.8, 4) is 11.6 Å². The number of hydrogen-bond acceptors (Lipinski definition) is 3. The summed E-state index contributed by atoms with van der Waals surface area (Å²) >= 11 is 11.1. The van der Waals surface area contributed by atoms with E-state index >= 15 is 0 Å². The zero-order chi connectivity index (χ0) is 14.0. The number of aryl methyl sites for hydroxylation is 2. The number of nitrogens with zero attached hydrogens (tertiary/aromatic N) is 1. The van der Waals surface area contributed by atoms with Crippen molar-refractivity contribution in [1.29, 1.82) is 0 Å². The number of thiocarbonyl (C=S) groups is 1. The normalized spacial score (nSPS) is 10.3. The van der Waals surface area contributed by atoms with Crippen molar-refractivity contribution in [3.63, 3.8) is 0 Å². The molecule has 2 rings (SSSR count). The van der Waals surface area contributed by atoms with Crippen molar-refractivity contribution < 1.29 is 4.74 Å². The molecule has 0 saturated carbocycles. The molecule has 1 aromatic carbocycles. The van der Waals surface area contributed by atoms with E-state index in [1.54, 1.807) is 12.1 Å². The number of hydrogen-bond donors (Lipinski definition) is 1. The predicted octanol–water partition coefficient (Wildman–Crippen LogP) is 3.78. The van der Waals surface area contributed by atoms with Gasteiger partial charge < -0.3 is 10.5 Å². The molecule has 98 valence electrons. The maximum absolute atomic E-state index is 6.13. The van der Waals surface area contributed by atoms with Gasteiger partial charge in [-0.2, -0.15) is 0 Å². The first-order chi connectivity index (χ1) is 8.97. The lowest BCUT2D eigenvalue weighted by Gasteiger charge is -2.11. The van der Waals surface area contributed by atoms with Gasteiger partial charge in [0, 0.05) is 5.69 Å². The molecule has 0 aliphatic heterocycles. The van der Waals surface area contributed by atoms with E-state index in [0.29, 0.717) is 22.2 Å². The topological polar surface area (TPSA) is 48.1 Å². The van der Waals surface area contributed by atoms with Gasteiger partial charge in [0.05, 0.1) is 10.6 Å². The van der Waals surface area contributed by atoms with Crippen molar-refractivity contribution in [1.82, 2.24) is 4.98 Å². The van der Waals surface area contributed by atoms with Gasteiger partial charge in [0.2, 0.25) is 5.88 Å². The molecule has 0 unspecified atom stereocenters. The lowest BCUT2D eigenvalue weighted by atomic mass is 10.2. The minimum absolute atomic E-state index is 0.241. The zero-order valence-corrected chi connectivity index (χ0v) is 12.2. The second-order valence-corrected chi connectivity index (χ2v) is 5.05. The Bertz CT molecular complexity index is 643. The van der Waals surface area contributed by atoms with Crippen molar-refractivity contribution in [2.75, 3.05) is 0 Å². The number of ether oxygens (including phenoxy) is 1. The third-order valence-corrected chi connectivity index (χ3v) is 3.07. The molecule has 3 nitrogen and oxygen atoms in total. The van der Waals surface area contributed by atoms with Gasteiger partial charge in [0.1, 0.15) is 10.7 Å². The monoisotopic (exact) mass is 292 g/mol. The minimum atomic E-state index is 0.241. The molecule has 0 fully saturated rings. The summed E-state index contributed by atoms with van der Waals surface area (Å²) in [5.41, 5.74) is 8.13. The summed E-state index contributed by atoms with van der Waals surface area (Å²) in [6, 6.07) is 9.16. The molecular weight excluding hydrogens is 280 g/mol. The van der Waals surface area contributed by atoms with E-state index in [0.717, 1.165) is 11.3 Å². The highest BCUT2D eigenvalue weighted by molar-refractivity contribution is 7.80. The van der Waals surface area contributed by atoms with E-state index in [4.69, 9.17) is 34.3 Å². The van der Waals surface area contributed by atoms with Crippen LogP contribution in [-0.2, 0) is 0 Å². The van der Waals surface area contributed by atoms with Crippen LogP contribution in [0.25, 0.3) is 0 Å². The smallest absolute Gasteiger partial charge is 0.229 e. The molecule has 2 aromatic rings. The van der Waals surface area contributed by atoms with Crippen LogP contribution in [-0.4, -0.2) is 9.97 Å². The Hall–Kier alpha value is -1.65. The number of benzene rings is 1. The van der Waals surface area contributed by atoms with Gasteiger partial charge in [0.25, 0.3) is 0 Å². The Balaban J connectivity index is 2.42. The Labute approximate surface area is 122 Å². The van der Waals surface area contributed by atoms with Gasteiger partial charge in [-0.1, -0.05) is 29.9 Å². The Morgan fingerprint density at radius 3 is 2.63 bits per heavy atom. The number of nitrogens with two attached hydrogens (primary N) is 1. The van der Waals surface area contributed by atoms with Crippen molar-refractivity contribution >= 4 is 28.8 Å². The second-order valence-electron chi connectivity index (χ2n) is 4.21. The predicted molar refractivity (Wildman–Crippen MR) is 81.1 cm³/mol. The van der Waals surface area contributed by atoms with E-state index < -0.39 is 0 Å². The van der Waals surface area contributed by atoms with Crippen LogP contribution in [0.1, 0.15) is 16.8 Å². The summed E-state index contributed by atoms with van der Waals surface area (Å²) in [5, 5.41) is 0.525. The van der Waals surface area contributed by atoms with Gasteiger partial charge in [-0.3, -0.25) is 0 Å². The molecule has 1 heterocycles. The quantitative estimate of drug-likeness (QED) is 0.875. The van der Waals surface area contributed by atoms with E-state index in [2.05, 4.69) is 4.98 Å². The van der Waals surface area contributed by atoms with Crippen LogP contribution in [0.2, 0.25) is 5.02 Å². The molecule has 0 spiro atoms. The number of rotatable bonds is 3. The highest BCUT2D eigenvalue weighted by Crippen LogP contribution is 2.30. The third kappa shape index (κ3) is 3.22. The van der Waals surface area contributed by atoms with Gasteiger partial charge in [-0.25, -0.2) is 4.98 Å². The van der Waals surface area contributed by atoms with Gasteiger partial charge in [-0.15, -0.1) is 0 Å². The third-order valence-electron chi connectivity index (χ3n) is 2.56. The van der Waals surface area contributed by atoms with E-state index in [1.165, 1.54) is 0 Å². The summed E-state index contributed by atoms with van der Waals surface area (Å²) in [4.78, 5) is 4.55. The largest absolute Gasteiger partial charge is 0.437 e. The van der Waals surface area contributed by atoms with Crippen LogP contribution in [0.4, 0.5) is 0 Å². The standard InChI is InChI=1S/C14H13ClN2OS/c1-8-3-6-12(11(15)7-8)18-14-10(13(16)19)5-4-9(2)17-14/h3-7H,1-2H3,(H2,16,19). The van der Waals surface area contributed by atoms with Crippen molar-refractivity contribution in [3.05, 3.63) is 52.2 Å².